The molecule has 0 spiro atoms. The number of aromatic nitrogens is 2. The SMILES string of the molecule is Cn1ncc(S(=O)(=O)NCc2cccc(OC(F)(F)F)c2)c1Cl. The molecule has 126 valence electrons. The van der Waals surface area contributed by atoms with Crippen LogP contribution in [-0.2, 0) is 23.6 Å². The fraction of sp³-hybridized carbons (Fsp3) is 0.250. The van der Waals surface area contributed by atoms with Crippen molar-refractivity contribution in [2.24, 2.45) is 7.05 Å². The average molecular weight is 370 g/mol. The lowest BCUT2D eigenvalue weighted by molar-refractivity contribution is -0.274. The van der Waals surface area contributed by atoms with E-state index in [2.05, 4.69) is 14.6 Å². The Balaban J connectivity index is 2.12. The molecule has 1 aromatic heterocycles. The highest BCUT2D eigenvalue weighted by molar-refractivity contribution is 7.89. The number of hydrogen-bond acceptors (Lipinski definition) is 4. The van der Waals surface area contributed by atoms with Crippen LogP contribution in [0.5, 0.6) is 5.75 Å². The molecule has 11 heteroatoms. The van der Waals surface area contributed by atoms with Gasteiger partial charge in [0.1, 0.15) is 15.8 Å². The lowest BCUT2D eigenvalue weighted by Crippen LogP contribution is -2.23. The van der Waals surface area contributed by atoms with Crippen LogP contribution >= 0.6 is 11.6 Å². The molecule has 0 saturated carbocycles. The highest BCUT2D eigenvalue weighted by Crippen LogP contribution is 2.24. The van der Waals surface area contributed by atoms with E-state index in [-0.39, 0.29) is 22.2 Å². The van der Waals surface area contributed by atoms with Gasteiger partial charge in [-0.05, 0) is 17.7 Å². The zero-order valence-electron chi connectivity index (χ0n) is 11.6. The standard InChI is InChI=1S/C12H11ClF3N3O3S/c1-19-11(13)10(7-17-19)23(20,21)18-6-8-3-2-4-9(5-8)22-12(14,15)16/h2-5,7,18H,6H2,1H3. The minimum atomic E-state index is -4.82. The molecule has 0 aliphatic heterocycles. The van der Waals surface area contributed by atoms with Gasteiger partial charge in [-0.25, -0.2) is 13.1 Å². The number of alkyl halides is 3. The van der Waals surface area contributed by atoms with E-state index in [0.29, 0.717) is 0 Å². The van der Waals surface area contributed by atoms with Crippen molar-refractivity contribution >= 4 is 21.6 Å². The number of sulfonamides is 1. The summed E-state index contributed by atoms with van der Waals surface area (Å²) >= 11 is 5.81. The van der Waals surface area contributed by atoms with Gasteiger partial charge < -0.3 is 4.74 Å². The third-order valence-electron chi connectivity index (χ3n) is 2.72. The molecule has 1 heterocycles. The maximum absolute atomic E-state index is 12.2. The maximum atomic E-state index is 12.2. The van der Waals surface area contributed by atoms with E-state index < -0.39 is 22.1 Å². The minimum Gasteiger partial charge on any atom is -0.406 e. The van der Waals surface area contributed by atoms with Crippen LogP contribution in [0.4, 0.5) is 13.2 Å². The third kappa shape index (κ3) is 4.60. The van der Waals surface area contributed by atoms with Crippen molar-refractivity contribution in [3.8, 4) is 5.75 Å². The predicted octanol–water partition coefficient (Wildman–Crippen LogP) is 2.45. The highest BCUT2D eigenvalue weighted by Gasteiger charge is 2.31. The normalized spacial score (nSPS) is 12.4. The van der Waals surface area contributed by atoms with Crippen LogP contribution in [0, 0.1) is 0 Å². The smallest absolute Gasteiger partial charge is 0.406 e. The van der Waals surface area contributed by atoms with Gasteiger partial charge in [0.15, 0.2) is 0 Å². The zero-order valence-corrected chi connectivity index (χ0v) is 13.2. The molecular weight excluding hydrogens is 359 g/mol. The monoisotopic (exact) mass is 369 g/mol. The Morgan fingerprint density at radius 2 is 2.09 bits per heavy atom. The number of halogens is 4. The molecular formula is C12H11ClF3N3O3S. The van der Waals surface area contributed by atoms with Gasteiger partial charge in [-0.1, -0.05) is 23.7 Å². The zero-order chi connectivity index (χ0) is 17.3. The number of hydrogen-bond donors (Lipinski definition) is 1. The second kappa shape index (κ2) is 6.38. The van der Waals surface area contributed by atoms with Gasteiger partial charge in [0.2, 0.25) is 10.0 Å². The molecule has 0 aliphatic carbocycles. The van der Waals surface area contributed by atoms with E-state index in [1.165, 1.54) is 23.9 Å². The Kier molecular flexibility index (Phi) is 4.87. The van der Waals surface area contributed by atoms with Gasteiger partial charge in [0.25, 0.3) is 0 Å². The maximum Gasteiger partial charge on any atom is 0.573 e. The Bertz CT molecular complexity index is 805. The fourth-order valence-electron chi connectivity index (χ4n) is 1.69. The van der Waals surface area contributed by atoms with Crippen molar-refractivity contribution in [3.05, 3.63) is 41.2 Å². The van der Waals surface area contributed by atoms with E-state index in [4.69, 9.17) is 11.6 Å². The largest absolute Gasteiger partial charge is 0.573 e. The predicted molar refractivity (Wildman–Crippen MR) is 75.4 cm³/mol. The third-order valence-corrected chi connectivity index (χ3v) is 4.69. The van der Waals surface area contributed by atoms with Crippen molar-refractivity contribution in [2.75, 3.05) is 0 Å². The number of nitrogens with one attached hydrogen (secondary N) is 1. The first-order valence-electron chi connectivity index (χ1n) is 6.10. The van der Waals surface area contributed by atoms with Crippen LogP contribution in [0.1, 0.15) is 5.56 Å². The van der Waals surface area contributed by atoms with E-state index in [9.17, 15) is 21.6 Å². The Morgan fingerprint density at radius 1 is 1.39 bits per heavy atom. The van der Waals surface area contributed by atoms with Crippen molar-refractivity contribution in [1.29, 1.82) is 0 Å². The van der Waals surface area contributed by atoms with Gasteiger partial charge in [0, 0.05) is 13.6 Å². The second-order valence-electron chi connectivity index (χ2n) is 4.44. The molecule has 0 amide bonds. The van der Waals surface area contributed by atoms with E-state index in [1.54, 1.807) is 0 Å². The van der Waals surface area contributed by atoms with Crippen molar-refractivity contribution in [2.45, 2.75) is 17.8 Å². The van der Waals surface area contributed by atoms with Gasteiger partial charge in [-0.2, -0.15) is 5.10 Å². The molecule has 0 fully saturated rings. The Labute approximate surface area is 134 Å². The molecule has 1 N–H and O–H groups in total. The van der Waals surface area contributed by atoms with E-state index in [1.807, 2.05) is 0 Å². The summed E-state index contributed by atoms with van der Waals surface area (Å²) in [6.07, 6.45) is -3.74. The fourth-order valence-corrected chi connectivity index (χ4v) is 3.14. The van der Waals surface area contributed by atoms with Crippen molar-refractivity contribution < 1.29 is 26.3 Å². The number of benzene rings is 1. The van der Waals surface area contributed by atoms with Gasteiger partial charge in [-0.3, -0.25) is 4.68 Å². The quantitative estimate of drug-likeness (QED) is 0.878. The summed E-state index contributed by atoms with van der Waals surface area (Å²) in [5, 5.41) is 3.64. The summed E-state index contributed by atoms with van der Waals surface area (Å²) in [6.45, 7) is -0.234. The molecule has 0 radical (unpaired) electrons. The van der Waals surface area contributed by atoms with Crippen LogP contribution in [-0.4, -0.2) is 24.6 Å². The second-order valence-corrected chi connectivity index (χ2v) is 6.54. The molecule has 1 aromatic carbocycles. The molecule has 0 saturated heterocycles. The summed E-state index contributed by atoms with van der Waals surface area (Å²) in [6, 6.07) is 4.97. The van der Waals surface area contributed by atoms with Gasteiger partial charge >= 0.3 is 6.36 Å². The molecule has 6 nitrogen and oxygen atoms in total. The van der Waals surface area contributed by atoms with Gasteiger partial charge in [-0.15, -0.1) is 13.2 Å². The average Bonchev–Trinajstić information content (AvgIpc) is 2.76. The Hall–Kier alpha value is -1.78. The van der Waals surface area contributed by atoms with Crippen LogP contribution in [0.3, 0.4) is 0 Å². The topological polar surface area (TPSA) is 73.2 Å². The van der Waals surface area contributed by atoms with Crippen LogP contribution in [0.25, 0.3) is 0 Å². The summed E-state index contributed by atoms with van der Waals surface area (Å²) in [5.74, 6) is -0.436. The van der Waals surface area contributed by atoms with Crippen LogP contribution < -0.4 is 9.46 Å². The van der Waals surface area contributed by atoms with Crippen LogP contribution in [0.15, 0.2) is 35.4 Å². The van der Waals surface area contributed by atoms with Crippen molar-refractivity contribution in [1.82, 2.24) is 14.5 Å². The highest BCUT2D eigenvalue weighted by atomic mass is 35.5. The van der Waals surface area contributed by atoms with Gasteiger partial charge in [0.05, 0.1) is 6.20 Å². The summed E-state index contributed by atoms with van der Waals surface area (Å²) in [5.41, 5.74) is 0.287. The van der Waals surface area contributed by atoms with Crippen molar-refractivity contribution in [3.63, 3.8) is 0 Å². The molecule has 0 bridgehead atoms. The molecule has 0 unspecified atom stereocenters. The summed E-state index contributed by atoms with van der Waals surface area (Å²) in [7, 11) is -2.47. The molecule has 0 aliphatic rings. The number of rotatable bonds is 5. The first-order valence-corrected chi connectivity index (χ1v) is 7.96. The van der Waals surface area contributed by atoms with E-state index >= 15 is 0 Å². The molecule has 0 atom stereocenters. The minimum absolute atomic E-state index is 0.0772. The number of aryl methyl sites for hydroxylation is 1. The van der Waals surface area contributed by atoms with E-state index in [0.717, 1.165) is 18.3 Å². The molecule has 2 rings (SSSR count). The Morgan fingerprint density at radius 3 is 2.65 bits per heavy atom. The molecule has 2 aromatic rings. The number of nitrogens with zero attached hydrogens (tertiary/aromatic N) is 2. The molecule has 23 heavy (non-hydrogen) atoms. The first-order chi connectivity index (χ1) is 10.6. The van der Waals surface area contributed by atoms with Crippen LogP contribution in [0.2, 0.25) is 5.15 Å². The summed E-state index contributed by atoms with van der Waals surface area (Å²) in [4.78, 5) is -0.218. The lowest BCUT2D eigenvalue weighted by atomic mass is 10.2. The summed E-state index contributed by atoms with van der Waals surface area (Å²) < 4.78 is 67.8. The lowest BCUT2D eigenvalue weighted by Gasteiger charge is -2.10. The first kappa shape index (κ1) is 17.6. The number of ether oxygens (including phenoxy) is 1.